The van der Waals surface area contributed by atoms with Crippen molar-refractivity contribution < 1.29 is 9.18 Å². The maximum atomic E-state index is 14.9. The Balaban J connectivity index is 1.77. The van der Waals surface area contributed by atoms with Gasteiger partial charge in [-0.25, -0.2) is 4.39 Å². The number of carbonyl (C=O) groups excluding carboxylic acids is 1. The summed E-state index contributed by atoms with van der Waals surface area (Å²) in [7, 11) is 0. The molecule has 4 rings (SSSR count). The zero-order chi connectivity index (χ0) is 25.3. The minimum atomic E-state index is -0.372. The SMILES string of the molecule is Cc1ccc(-c2cc(C(=O)NC(C)c3cnc(C)c(Cl)c3)cc(-n3nnnc3C(C)C)c2)c(F)c1. The number of amides is 1. The molecule has 2 heterocycles. The molecule has 2 aromatic carbocycles. The molecule has 9 heteroatoms. The first-order valence-corrected chi connectivity index (χ1v) is 11.6. The van der Waals surface area contributed by atoms with Crippen LogP contribution >= 0.6 is 11.6 Å². The van der Waals surface area contributed by atoms with Gasteiger partial charge in [0, 0.05) is 23.2 Å². The third-order valence-electron chi connectivity index (χ3n) is 5.76. The molecule has 0 aliphatic rings. The minimum absolute atomic E-state index is 0.0425. The van der Waals surface area contributed by atoms with Crippen molar-refractivity contribution in [1.29, 1.82) is 0 Å². The topological polar surface area (TPSA) is 85.6 Å². The summed E-state index contributed by atoms with van der Waals surface area (Å²) in [5.74, 6) is -0.0282. The number of hydrogen-bond donors (Lipinski definition) is 1. The van der Waals surface area contributed by atoms with Crippen LogP contribution in [0.1, 0.15) is 65.7 Å². The Labute approximate surface area is 208 Å². The molecule has 1 amide bonds. The van der Waals surface area contributed by atoms with E-state index in [4.69, 9.17) is 11.6 Å². The maximum Gasteiger partial charge on any atom is 0.251 e. The Morgan fingerprint density at radius 3 is 2.54 bits per heavy atom. The van der Waals surface area contributed by atoms with E-state index in [1.807, 2.05) is 40.7 Å². The standard InChI is InChI=1S/C26H26ClFN6O/c1-14(2)25-31-32-33-34(25)21-10-18(22-7-6-15(3)8-24(22)28)9-19(11-21)26(35)30-16(4)20-12-23(27)17(5)29-13-20/h6-14,16H,1-5H3,(H,30,35). The quantitative estimate of drug-likeness (QED) is 0.370. The number of pyridine rings is 1. The number of nitrogens with one attached hydrogen (secondary N) is 1. The van der Waals surface area contributed by atoms with E-state index in [9.17, 15) is 9.18 Å². The van der Waals surface area contributed by atoms with Gasteiger partial charge in [-0.15, -0.1) is 5.10 Å². The zero-order valence-corrected chi connectivity index (χ0v) is 20.9. The average molecular weight is 493 g/mol. The van der Waals surface area contributed by atoms with Crippen LogP contribution in [0.4, 0.5) is 4.39 Å². The van der Waals surface area contributed by atoms with Crippen LogP contribution in [0.2, 0.25) is 5.02 Å². The first kappa shape index (κ1) is 24.5. The van der Waals surface area contributed by atoms with Gasteiger partial charge < -0.3 is 5.32 Å². The molecule has 1 atom stereocenters. The van der Waals surface area contributed by atoms with Crippen LogP contribution in [0.15, 0.2) is 48.7 Å². The van der Waals surface area contributed by atoms with Gasteiger partial charge in [-0.2, -0.15) is 4.68 Å². The van der Waals surface area contributed by atoms with Crippen molar-refractivity contribution in [1.82, 2.24) is 30.5 Å². The number of nitrogens with zero attached hydrogens (tertiary/aromatic N) is 5. The molecular formula is C26H26ClFN6O. The lowest BCUT2D eigenvalue weighted by Crippen LogP contribution is -2.27. The summed E-state index contributed by atoms with van der Waals surface area (Å²) >= 11 is 6.21. The van der Waals surface area contributed by atoms with Crippen LogP contribution in [-0.4, -0.2) is 31.1 Å². The first-order chi connectivity index (χ1) is 16.6. The highest BCUT2D eigenvalue weighted by Gasteiger charge is 2.19. The molecule has 0 fully saturated rings. The van der Waals surface area contributed by atoms with E-state index in [2.05, 4.69) is 25.8 Å². The van der Waals surface area contributed by atoms with Crippen LogP contribution in [-0.2, 0) is 0 Å². The highest BCUT2D eigenvalue weighted by molar-refractivity contribution is 6.31. The molecule has 1 N–H and O–H groups in total. The third-order valence-corrected chi connectivity index (χ3v) is 6.15. The summed E-state index contributed by atoms with van der Waals surface area (Å²) < 4.78 is 16.5. The van der Waals surface area contributed by atoms with E-state index in [0.717, 1.165) is 11.1 Å². The van der Waals surface area contributed by atoms with E-state index in [1.165, 1.54) is 6.07 Å². The number of halogens is 2. The van der Waals surface area contributed by atoms with Gasteiger partial charge in [-0.3, -0.25) is 9.78 Å². The van der Waals surface area contributed by atoms with Gasteiger partial charge >= 0.3 is 0 Å². The zero-order valence-electron chi connectivity index (χ0n) is 20.2. The first-order valence-electron chi connectivity index (χ1n) is 11.3. The molecule has 4 aromatic rings. The molecule has 35 heavy (non-hydrogen) atoms. The number of hydrogen-bond acceptors (Lipinski definition) is 5. The maximum absolute atomic E-state index is 14.9. The van der Waals surface area contributed by atoms with Gasteiger partial charge in [0.15, 0.2) is 5.82 Å². The number of aromatic nitrogens is 5. The lowest BCUT2D eigenvalue weighted by molar-refractivity contribution is 0.0940. The van der Waals surface area contributed by atoms with Crippen molar-refractivity contribution in [2.45, 2.75) is 46.6 Å². The number of carbonyl (C=O) groups is 1. The minimum Gasteiger partial charge on any atom is -0.345 e. The molecule has 7 nitrogen and oxygen atoms in total. The fraction of sp³-hybridized carbons (Fsp3) is 0.269. The smallest absolute Gasteiger partial charge is 0.251 e. The molecule has 0 saturated carbocycles. The van der Waals surface area contributed by atoms with Crippen LogP contribution < -0.4 is 5.32 Å². The second-order valence-corrected chi connectivity index (χ2v) is 9.29. The molecule has 0 aliphatic heterocycles. The van der Waals surface area contributed by atoms with Crippen LogP contribution in [0.25, 0.3) is 16.8 Å². The second kappa shape index (κ2) is 9.92. The van der Waals surface area contributed by atoms with Crippen LogP contribution in [0, 0.1) is 19.7 Å². The summed E-state index contributed by atoms with van der Waals surface area (Å²) in [4.78, 5) is 17.6. The Morgan fingerprint density at radius 1 is 1.09 bits per heavy atom. The Bertz CT molecular complexity index is 1400. The van der Waals surface area contributed by atoms with Gasteiger partial charge in [-0.05, 0) is 78.2 Å². The second-order valence-electron chi connectivity index (χ2n) is 8.89. The van der Waals surface area contributed by atoms with Gasteiger partial charge in [0.05, 0.1) is 22.4 Å². The van der Waals surface area contributed by atoms with E-state index < -0.39 is 0 Å². The predicted molar refractivity (Wildman–Crippen MR) is 133 cm³/mol. The summed E-state index contributed by atoms with van der Waals surface area (Å²) in [6.07, 6.45) is 1.69. The van der Waals surface area contributed by atoms with E-state index >= 15 is 0 Å². The fourth-order valence-corrected chi connectivity index (χ4v) is 3.91. The van der Waals surface area contributed by atoms with Crippen molar-refractivity contribution in [2.75, 3.05) is 0 Å². The predicted octanol–water partition coefficient (Wildman–Crippen LogP) is 5.75. The van der Waals surface area contributed by atoms with Gasteiger partial charge in [-0.1, -0.05) is 37.6 Å². The number of tetrazole rings is 1. The highest BCUT2D eigenvalue weighted by Crippen LogP contribution is 2.29. The Morgan fingerprint density at radius 2 is 1.86 bits per heavy atom. The summed E-state index contributed by atoms with van der Waals surface area (Å²) in [5.41, 5.74) is 4.14. The highest BCUT2D eigenvalue weighted by atomic mass is 35.5. The van der Waals surface area contributed by atoms with Gasteiger partial charge in [0.2, 0.25) is 0 Å². The Kier molecular flexibility index (Phi) is 6.93. The van der Waals surface area contributed by atoms with Crippen molar-refractivity contribution in [3.8, 4) is 16.8 Å². The van der Waals surface area contributed by atoms with Crippen LogP contribution in [0.5, 0.6) is 0 Å². The van der Waals surface area contributed by atoms with Crippen LogP contribution in [0.3, 0.4) is 0 Å². The van der Waals surface area contributed by atoms with Crippen molar-refractivity contribution >= 4 is 17.5 Å². The van der Waals surface area contributed by atoms with Crippen molar-refractivity contribution in [3.05, 3.63) is 87.7 Å². The summed E-state index contributed by atoms with van der Waals surface area (Å²) in [6.45, 7) is 9.44. The fourth-order valence-electron chi connectivity index (χ4n) is 3.73. The van der Waals surface area contributed by atoms with Gasteiger partial charge in [0.1, 0.15) is 5.82 Å². The largest absolute Gasteiger partial charge is 0.345 e. The number of aryl methyl sites for hydroxylation is 2. The lowest BCUT2D eigenvalue weighted by atomic mass is 9.99. The number of benzene rings is 2. The van der Waals surface area contributed by atoms with Crippen molar-refractivity contribution in [2.24, 2.45) is 0 Å². The van der Waals surface area contributed by atoms with E-state index in [0.29, 0.717) is 38.9 Å². The summed E-state index contributed by atoms with van der Waals surface area (Å²) in [6, 6.07) is 11.6. The molecule has 2 aromatic heterocycles. The summed E-state index contributed by atoms with van der Waals surface area (Å²) in [5, 5.41) is 15.5. The van der Waals surface area contributed by atoms with Crippen molar-refractivity contribution in [3.63, 3.8) is 0 Å². The third kappa shape index (κ3) is 5.22. The van der Waals surface area contributed by atoms with E-state index in [-0.39, 0.29) is 23.7 Å². The monoisotopic (exact) mass is 492 g/mol. The molecule has 0 aliphatic carbocycles. The molecule has 1 unspecified atom stereocenters. The lowest BCUT2D eigenvalue weighted by Gasteiger charge is -2.17. The molecule has 0 bridgehead atoms. The molecule has 180 valence electrons. The molecule has 0 radical (unpaired) electrons. The van der Waals surface area contributed by atoms with Gasteiger partial charge in [0.25, 0.3) is 5.91 Å². The average Bonchev–Trinajstić information content (AvgIpc) is 3.31. The Hall–Kier alpha value is -3.65. The molecular weight excluding hydrogens is 467 g/mol. The molecule has 0 spiro atoms. The van der Waals surface area contributed by atoms with E-state index in [1.54, 1.807) is 41.2 Å². The normalized spacial score (nSPS) is 12.1. The number of rotatable bonds is 6. The molecule has 0 saturated heterocycles.